The molecule has 1 fully saturated rings. The van der Waals surface area contributed by atoms with E-state index in [1.165, 1.54) is 37.7 Å². The first-order valence-electron chi connectivity index (χ1n) is 15.2. The maximum atomic E-state index is 13.8. The molecular formula is C33H38N8O3. The Morgan fingerprint density at radius 2 is 1.66 bits per heavy atom. The summed E-state index contributed by atoms with van der Waals surface area (Å²) in [6.07, 6.45) is 8.07. The Hall–Kier alpha value is -5.06. The molecule has 0 unspecified atom stereocenters. The second kappa shape index (κ2) is 14.9. The van der Waals surface area contributed by atoms with Gasteiger partial charge in [-0.2, -0.15) is 5.21 Å². The van der Waals surface area contributed by atoms with E-state index in [0.717, 1.165) is 24.1 Å². The van der Waals surface area contributed by atoms with E-state index in [9.17, 15) is 14.4 Å². The topological polar surface area (TPSA) is 145 Å². The van der Waals surface area contributed by atoms with Gasteiger partial charge in [-0.15, -0.1) is 5.10 Å². The summed E-state index contributed by atoms with van der Waals surface area (Å²) < 4.78 is 0. The molecule has 44 heavy (non-hydrogen) atoms. The number of urea groups is 1. The van der Waals surface area contributed by atoms with Crippen LogP contribution in [0.5, 0.6) is 0 Å². The van der Waals surface area contributed by atoms with Gasteiger partial charge in [0.25, 0.3) is 17.8 Å². The van der Waals surface area contributed by atoms with Crippen molar-refractivity contribution in [2.75, 3.05) is 22.1 Å². The molecule has 0 atom stereocenters. The summed E-state index contributed by atoms with van der Waals surface area (Å²) in [6.45, 7) is 2.94. The zero-order valence-corrected chi connectivity index (χ0v) is 24.9. The minimum absolute atomic E-state index is 0.0844. The van der Waals surface area contributed by atoms with Crippen LogP contribution in [0.15, 0.2) is 72.8 Å². The number of aromatic nitrogens is 4. The van der Waals surface area contributed by atoms with E-state index < -0.39 is 0 Å². The minimum atomic E-state index is -0.371. The van der Waals surface area contributed by atoms with Gasteiger partial charge in [-0.1, -0.05) is 68.0 Å². The third-order valence-electron chi connectivity index (χ3n) is 7.85. The standard InChI is InChI=1S/C33H38N8O3/c1-2-3-20-34-30(42)27-10-7-11-28(21-27)35-33(44)41(29-18-16-25(17-19-29)24-8-5-4-6-9-24)22-23-12-14-26(15-13-23)31(43)36-32-37-39-40-38-32/h7,10-19,21,24H,2-6,8-9,20,22H2,1H3,(H,34,42)(H,35,44)(H2,36,37,38,39,40,43). The molecule has 1 aromatic heterocycles. The molecule has 4 aromatic rings. The Morgan fingerprint density at radius 3 is 2.36 bits per heavy atom. The number of hydrogen-bond donors (Lipinski definition) is 4. The Morgan fingerprint density at radius 1 is 0.886 bits per heavy atom. The van der Waals surface area contributed by atoms with Crippen molar-refractivity contribution in [3.8, 4) is 0 Å². The molecule has 4 amide bonds. The van der Waals surface area contributed by atoms with Crippen molar-refractivity contribution < 1.29 is 14.4 Å². The van der Waals surface area contributed by atoms with Crippen molar-refractivity contribution in [1.82, 2.24) is 25.9 Å². The van der Waals surface area contributed by atoms with Gasteiger partial charge in [-0.25, -0.2) is 4.79 Å². The number of H-pyrrole nitrogens is 1. The molecule has 1 aliphatic carbocycles. The van der Waals surface area contributed by atoms with Gasteiger partial charge in [-0.05, 0) is 84.0 Å². The second-order valence-electron chi connectivity index (χ2n) is 11.0. The molecule has 228 valence electrons. The normalized spacial score (nSPS) is 13.2. The molecule has 1 heterocycles. The lowest BCUT2D eigenvalue weighted by Crippen LogP contribution is -2.34. The number of rotatable bonds is 11. The van der Waals surface area contributed by atoms with Crippen LogP contribution in [0.1, 0.15) is 89.6 Å². The number of hydrogen-bond acceptors (Lipinski definition) is 6. The van der Waals surface area contributed by atoms with Gasteiger partial charge in [-0.3, -0.25) is 19.8 Å². The number of carbonyl (C=O) groups excluding carboxylic acids is 3. The lowest BCUT2D eigenvalue weighted by atomic mass is 9.84. The SMILES string of the molecule is CCCCNC(=O)c1cccc(NC(=O)N(Cc2ccc(C(=O)Nc3nn[nH]n3)cc2)c2ccc(C3CCCCC3)cc2)c1. The number of carbonyl (C=O) groups is 3. The van der Waals surface area contributed by atoms with Gasteiger partial charge in [0.05, 0.1) is 6.54 Å². The van der Waals surface area contributed by atoms with E-state index in [-0.39, 0.29) is 30.3 Å². The number of tetrazole rings is 1. The summed E-state index contributed by atoms with van der Waals surface area (Å²) in [5.41, 5.74) is 4.30. The van der Waals surface area contributed by atoms with Crippen LogP contribution in [-0.2, 0) is 6.54 Å². The molecule has 0 saturated heterocycles. The third-order valence-corrected chi connectivity index (χ3v) is 7.85. The predicted molar refractivity (Wildman–Crippen MR) is 170 cm³/mol. The van der Waals surface area contributed by atoms with Gasteiger partial charge < -0.3 is 10.6 Å². The summed E-state index contributed by atoms with van der Waals surface area (Å²) >= 11 is 0. The second-order valence-corrected chi connectivity index (χ2v) is 11.0. The summed E-state index contributed by atoms with van der Waals surface area (Å²) in [5.74, 6) is 0.0937. The highest BCUT2D eigenvalue weighted by molar-refractivity contribution is 6.04. The van der Waals surface area contributed by atoms with Crippen LogP contribution in [0, 0.1) is 0 Å². The molecule has 0 bridgehead atoms. The Labute approximate surface area is 256 Å². The maximum absolute atomic E-state index is 13.8. The number of aromatic amines is 1. The van der Waals surface area contributed by atoms with Crippen LogP contribution in [-0.4, -0.2) is 45.0 Å². The number of anilines is 3. The monoisotopic (exact) mass is 594 g/mol. The molecule has 1 aliphatic rings. The van der Waals surface area contributed by atoms with E-state index in [4.69, 9.17) is 0 Å². The zero-order chi connectivity index (χ0) is 30.7. The van der Waals surface area contributed by atoms with Crippen molar-refractivity contribution in [3.05, 3.63) is 95.1 Å². The maximum Gasteiger partial charge on any atom is 0.326 e. The fourth-order valence-corrected chi connectivity index (χ4v) is 5.39. The van der Waals surface area contributed by atoms with Gasteiger partial charge >= 0.3 is 6.03 Å². The van der Waals surface area contributed by atoms with Gasteiger partial charge in [0.15, 0.2) is 0 Å². The molecule has 1 saturated carbocycles. The van der Waals surface area contributed by atoms with Gasteiger partial charge in [0, 0.05) is 29.0 Å². The van der Waals surface area contributed by atoms with Crippen LogP contribution in [0.2, 0.25) is 0 Å². The number of nitrogens with one attached hydrogen (secondary N) is 4. The fraction of sp³-hybridized carbons (Fsp3) is 0.333. The van der Waals surface area contributed by atoms with E-state index in [0.29, 0.717) is 29.3 Å². The Balaban J connectivity index is 1.33. The largest absolute Gasteiger partial charge is 0.352 e. The van der Waals surface area contributed by atoms with E-state index in [1.54, 1.807) is 41.3 Å². The van der Waals surface area contributed by atoms with Crippen LogP contribution >= 0.6 is 0 Å². The van der Waals surface area contributed by atoms with Gasteiger partial charge in [0.2, 0.25) is 0 Å². The molecule has 11 heteroatoms. The molecular weight excluding hydrogens is 556 g/mol. The molecule has 0 radical (unpaired) electrons. The lowest BCUT2D eigenvalue weighted by Gasteiger charge is -2.26. The number of benzene rings is 3. The molecule has 11 nitrogen and oxygen atoms in total. The van der Waals surface area contributed by atoms with Crippen molar-refractivity contribution in [2.45, 2.75) is 64.3 Å². The summed E-state index contributed by atoms with van der Waals surface area (Å²) in [5, 5.41) is 21.7. The van der Waals surface area contributed by atoms with Crippen molar-refractivity contribution in [3.63, 3.8) is 0 Å². The third kappa shape index (κ3) is 8.06. The van der Waals surface area contributed by atoms with Crippen LogP contribution in [0.3, 0.4) is 0 Å². The Kier molecular flexibility index (Phi) is 10.3. The number of unbranched alkanes of at least 4 members (excludes halogenated alkanes) is 1. The van der Waals surface area contributed by atoms with Crippen LogP contribution in [0.25, 0.3) is 0 Å². The van der Waals surface area contributed by atoms with Crippen LogP contribution < -0.4 is 20.9 Å². The average molecular weight is 595 g/mol. The highest BCUT2D eigenvalue weighted by Gasteiger charge is 2.20. The van der Waals surface area contributed by atoms with Crippen molar-refractivity contribution in [2.24, 2.45) is 0 Å². The summed E-state index contributed by atoms with van der Waals surface area (Å²) in [7, 11) is 0. The molecule has 0 spiro atoms. The highest BCUT2D eigenvalue weighted by Crippen LogP contribution is 2.33. The fourth-order valence-electron chi connectivity index (χ4n) is 5.39. The Bertz CT molecular complexity index is 1530. The first kappa shape index (κ1) is 30.4. The molecule has 3 aromatic carbocycles. The van der Waals surface area contributed by atoms with E-state index >= 15 is 0 Å². The first-order chi connectivity index (χ1) is 21.5. The predicted octanol–water partition coefficient (Wildman–Crippen LogP) is 6.27. The van der Waals surface area contributed by atoms with Crippen molar-refractivity contribution in [1.29, 1.82) is 0 Å². The molecule has 5 rings (SSSR count). The average Bonchev–Trinajstić information content (AvgIpc) is 3.57. The number of nitrogens with zero attached hydrogens (tertiary/aromatic N) is 4. The van der Waals surface area contributed by atoms with Crippen LogP contribution in [0.4, 0.5) is 22.1 Å². The zero-order valence-electron chi connectivity index (χ0n) is 24.9. The van der Waals surface area contributed by atoms with E-state index in [1.807, 2.05) is 24.3 Å². The minimum Gasteiger partial charge on any atom is -0.352 e. The lowest BCUT2D eigenvalue weighted by molar-refractivity contribution is 0.0952. The quantitative estimate of drug-likeness (QED) is 0.151. The summed E-state index contributed by atoms with van der Waals surface area (Å²) in [4.78, 5) is 40.6. The molecule has 0 aliphatic heterocycles. The molecule has 4 N–H and O–H groups in total. The number of amides is 4. The van der Waals surface area contributed by atoms with Crippen molar-refractivity contribution >= 4 is 35.2 Å². The smallest absolute Gasteiger partial charge is 0.326 e. The summed E-state index contributed by atoms with van der Waals surface area (Å²) in [6, 6.07) is 21.8. The highest BCUT2D eigenvalue weighted by atomic mass is 16.2. The van der Waals surface area contributed by atoms with E-state index in [2.05, 4.69) is 55.6 Å². The first-order valence-corrected chi connectivity index (χ1v) is 15.2. The van der Waals surface area contributed by atoms with Gasteiger partial charge in [0.1, 0.15) is 0 Å².